The first-order valence-corrected chi connectivity index (χ1v) is 27.6. The second kappa shape index (κ2) is 22.3. The van der Waals surface area contributed by atoms with Crippen LogP contribution in [0.25, 0.3) is 0 Å². The largest absolute Gasteiger partial charge is 0.479 e. The fourth-order valence-electron chi connectivity index (χ4n) is 16.0. The summed E-state index contributed by atoms with van der Waals surface area (Å²) in [5.74, 6) is -3.75. The van der Waals surface area contributed by atoms with Crippen molar-refractivity contribution in [2.24, 2.45) is 50.2 Å². The number of allylic oxidation sites excluding steroid dienone is 4. The summed E-state index contributed by atoms with van der Waals surface area (Å²) in [6.07, 6.45) is -18.5. The van der Waals surface area contributed by atoms with Crippen LogP contribution in [-0.4, -0.2) is 205 Å². The third kappa shape index (κ3) is 9.55. The van der Waals surface area contributed by atoms with Crippen molar-refractivity contribution in [2.75, 3.05) is 26.4 Å². The van der Waals surface area contributed by atoms with Crippen LogP contribution in [-0.2, 0) is 52.3 Å². The zero-order chi connectivity index (χ0) is 57.6. The van der Waals surface area contributed by atoms with Crippen LogP contribution in [0.2, 0.25) is 0 Å². The van der Waals surface area contributed by atoms with Gasteiger partial charge >= 0.3 is 17.9 Å². The molecule has 3 saturated heterocycles. The van der Waals surface area contributed by atoms with E-state index < -0.39 is 187 Å². The smallest absolute Gasteiger partial charge is 0.335 e. The minimum Gasteiger partial charge on any atom is -0.479 e. The summed E-state index contributed by atoms with van der Waals surface area (Å²) in [5.41, 5.74) is -3.39. The van der Waals surface area contributed by atoms with Gasteiger partial charge in [0.2, 0.25) is 0 Å². The van der Waals surface area contributed by atoms with Crippen LogP contribution < -0.4 is 0 Å². The summed E-state index contributed by atoms with van der Waals surface area (Å²) in [6, 6.07) is 0. The molecule has 11 N–H and O–H groups in total. The SMILES string of the molecule is C/C=C(/C)C(=O)O[C@@H]1[C@H](OC(=O)/C(C)=C\C)C(C)(C)C[C@@H]2C3=CC[C@@H]4[C@@]5(C)CC[C@@H](O[C@H]6O[C@H](C(=O)O)[C@@H](O)[C@@H](O[C@@H]7O[C@@H](CO)[C@H](O)[C@@H]7O)[C@@H]6O[C@H]6O[C@@H](CO)[C@@H](O)[C@H]6O)[C@](C)(CO)[C@@H]5CC[C@@]4(C)[C@]3(C)C[C@@H](O)[C@]21CO. The molecule has 0 aromatic rings. The van der Waals surface area contributed by atoms with E-state index in [9.17, 15) is 70.6 Å². The lowest BCUT2D eigenvalue weighted by molar-refractivity contribution is -0.369. The van der Waals surface area contributed by atoms with Crippen LogP contribution in [0, 0.1) is 50.2 Å². The molecule has 0 unspecified atom stereocenters. The third-order valence-corrected chi connectivity index (χ3v) is 21.0. The molecule has 78 heavy (non-hydrogen) atoms. The maximum Gasteiger partial charge on any atom is 0.335 e. The molecule has 0 radical (unpaired) electrons. The van der Waals surface area contributed by atoms with E-state index in [4.69, 9.17) is 37.9 Å². The molecule has 0 amide bonds. The minimum absolute atomic E-state index is 0.0626. The van der Waals surface area contributed by atoms with Crippen molar-refractivity contribution >= 4 is 17.9 Å². The first kappa shape index (κ1) is 61.1. The zero-order valence-electron chi connectivity index (χ0n) is 46.5. The van der Waals surface area contributed by atoms with Gasteiger partial charge in [-0.3, -0.25) is 0 Å². The van der Waals surface area contributed by atoms with Gasteiger partial charge < -0.3 is 94.1 Å². The lowest BCUT2D eigenvalue weighted by Gasteiger charge is -2.72. The highest BCUT2D eigenvalue weighted by Gasteiger charge is 2.74. The van der Waals surface area contributed by atoms with Gasteiger partial charge in [-0.15, -0.1) is 0 Å². The molecule has 25 atom stereocenters. The quantitative estimate of drug-likeness (QED) is 0.0470. The van der Waals surface area contributed by atoms with E-state index in [0.717, 1.165) is 5.57 Å². The van der Waals surface area contributed by atoms with E-state index in [2.05, 4.69) is 26.8 Å². The molecule has 22 heteroatoms. The minimum atomic E-state index is -2.10. The molecule has 22 nitrogen and oxygen atoms in total. The third-order valence-electron chi connectivity index (χ3n) is 21.0. The molecule has 3 heterocycles. The first-order chi connectivity index (χ1) is 36.5. The van der Waals surface area contributed by atoms with E-state index in [0.29, 0.717) is 43.3 Å². The molecular formula is C56H86O22. The van der Waals surface area contributed by atoms with Gasteiger partial charge in [-0.25, -0.2) is 14.4 Å². The fraction of sp³-hybridized carbons (Fsp3) is 0.839. The van der Waals surface area contributed by atoms with Crippen molar-refractivity contribution in [1.82, 2.24) is 0 Å². The van der Waals surface area contributed by atoms with E-state index in [-0.39, 0.29) is 24.7 Å². The standard InChI is InChI=1S/C56H86O22/c1-11-25(3)46(69)77-43-44(78-47(70)26(4)12-2)56(24-60)28(19-51(43,5)6)27-13-14-32-52(7)17-16-34(53(8,23-59)31(52)15-18-54(32,9)55(27,10)20-33(56)61)73-50-42(76-49-38(65)36(63)30(22-58)72-49)40(39(66)41(75-50)45(67)68)74-48-37(64)35(62)29(21-57)71-48/h11-13,28-44,48-50,57-66H,14-24H2,1-10H3,(H,67,68)/b25-11-,26-12-/t28-,29+,30+,31-,32-,33-,34-,35+,36-,37+,38-,39+,40-,41+,42+,43+,44-,48+,49-,50+,52+,53-,54-,55-,56+/m1/s1. The van der Waals surface area contributed by atoms with Gasteiger partial charge in [-0.2, -0.15) is 0 Å². The van der Waals surface area contributed by atoms with E-state index in [1.165, 1.54) is 0 Å². The Bertz CT molecular complexity index is 2320. The molecule has 0 aromatic carbocycles. The number of carboxylic acid groups (broad SMARTS) is 1. The molecule has 442 valence electrons. The second-order valence-corrected chi connectivity index (χ2v) is 25.3. The van der Waals surface area contributed by atoms with Gasteiger partial charge in [0.25, 0.3) is 0 Å². The number of aliphatic carboxylic acids is 1. The molecule has 0 spiro atoms. The van der Waals surface area contributed by atoms with Gasteiger partial charge in [0.15, 0.2) is 31.1 Å². The predicted molar refractivity (Wildman–Crippen MR) is 271 cm³/mol. The van der Waals surface area contributed by atoms with Gasteiger partial charge in [0, 0.05) is 22.0 Å². The predicted octanol–water partition coefficient (Wildman–Crippen LogP) is 0.903. The average molecular weight is 1110 g/mol. The van der Waals surface area contributed by atoms with Crippen molar-refractivity contribution in [2.45, 2.75) is 219 Å². The number of fused-ring (bicyclic) bond motifs is 7. The molecule has 8 rings (SSSR count). The summed E-state index contributed by atoms with van der Waals surface area (Å²) < 4.78 is 48.9. The number of aliphatic hydroxyl groups excluding tert-OH is 10. The molecule has 5 aliphatic carbocycles. The van der Waals surface area contributed by atoms with Crippen molar-refractivity contribution in [3.63, 3.8) is 0 Å². The Kier molecular flexibility index (Phi) is 17.4. The van der Waals surface area contributed by atoms with Gasteiger partial charge in [-0.05, 0) is 107 Å². The van der Waals surface area contributed by atoms with Crippen molar-refractivity contribution in [3.05, 3.63) is 34.9 Å². The number of rotatable bonds is 15. The monoisotopic (exact) mass is 1110 g/mol. The molecule has 4 saturated carbocycles. The Morgan fingerprint density at radius 2 is 1.21 bits per heavy atom. The zero-order valence-corrected chi connectivity index (χ0v) is 46.5. The Hall–Kier alpha value is -3.01. The van der Waals surface area contributed by atoms with Crippen LogP contribution in [0.3, 0.4) is 0 Å². The van der Waals surface area contributed by atoms with Crippen LogP contribution in [0.5, 0.6) is 0 Å². The Morgan fingerprint density at radius 3 is 1.71 bits per heavy atom. The van der Waals surface area contributed by atoms with Gasteiger partial charge in [-0.1, -0.05) is 65.3 Å². The lowest BCUT2D eigenvalue weighted by atomic mass is 9.33. The highest BCUT2D eigenvalue weighted by atomic mass is 16.8. The normalized spacial score (nSPS) is 49.2. The number of carbonyl (C=O) groups is 3. The molecule has 3 aliphatic heterocycles. The molecule has 0 aromatic heterocycles. The van der Waals surface area contributed by atoms with Crippen LogP contribution in [0.4, 0.5) is 0 Å². The summed E-state index contributed by atoms with van der Waals surface area (Å²) in [5, 5.41) is 121. The molecule has 7 fully saturated rings. The number of hydrogen-bond donors (Lipinski definition) is 11. The van der Waals surface area contributed by atoms with Crippen molar-refractivity contribution < 1.29 is 108 Å². The lowest BCUT2D eigenvalue weighted by Crippen LogP contribution is -2.72. The first-order valence-electron chi connectivity index (χ1n) is 27.6. The average Bonchev–Trinajstić information content (AvgIpc) is 3.99. The number of carbonyl (C=O) groups excluding carboxylic acids is 2. The highest BCUT2D eigenvalue weighted by molar-refractivity contribution is 5.89. The Balaban J connectivity index is 1.13. The van der Waals surface area contributed by atoms with E-state index in [1.807, 2.05) is 20.8 Å². The van der Waals surface area contributed by atoms with Gasteiger partial charge in [0.1, 0.15) is 61.0 Å². The second-order valence-electron chi connectivity index (χ2n) is 25.3. The number of esters is 2. The summed E-state index contributed by atoms with van der Waals surface area (Å²) in [6.45, 7) is 16.7. The number of aliphatic hydroxyl groups is 10. The summed E-state index contributed by atoms with van der Waals surface area (Å²) in [7, 11) is 0. The topological polar surface area (TPSA) is 348 Å². The van der Waals surface area contributed by atoms with Crippen molar-refractivity contribution in [1.29, 1.82) is 0 Å². The highest BCUT2D eigenvalue weighted by Crippen LogP contribution is 2.76. The number of hydrogen-bond acceptors (Lipinski definition) is 21. The number of carboxylic acids is 1. The van der Waals surface area contributed by atoms with E-state index in [1.54, 1.807) is 39.8 Å². The molecule has 8 aliphatic rings. The maximum atomic E-state index is 13.8. The molecule has 0 bridgehead atoms. The van der Waals surface area contributed by atoms with Crippen molar-refractivity contribution in [3.8, 4) is 0 Å². The fourth-order valence-corrected chi connectivity index (χ4v) is 16.0. The molecular weight excluding hydrogens is 1020 g/mol. The maximum absolute atomic E-state index is 13.8. The summed E-state index contributed by atoms with van der Waals surface area (Å²) >= 11 is 0. The van der Waals surface area contributed by atoms with Gasteiger partial charge in [0.05, 0.1) is 44.1 Å². The van der Waals surface area contributed by atoms with Crippen LogP contribution in [0.1, 0.15) is 114 Å². The van der Waals surface area contributed by atoms with Crippen LogP contribution in [0.15, 0.2) is 34.9 Å². The summed E-state index contributed by atoms with van der Waals surface area (Å²) in [4.78, 5) is 40.2. The van der Waals surface area contributed by atoms with Crippen LogP contribution >= 0.6 is 0 Å². The Morgan fingerprint density at radius 1 is 0.654 bits per heavy atom. The Labute approximate surface area is 455 Å². The van der Waals surface area contributed by atoms with E-state index >= 15 is 0 Å². The number of ether oxygens (including phenoxy) is 8.